The molecule has 1 aromatic heterocycles. The van der Waals surface area contributed by atoms with Gasteiger partial charge < -0.3 is 9.47 Å². The first-order valence-corrected chi connectivity index (χ1v) is 8.99. The molecule has 1 heterocycles. The number of ether oxygens (including phenoxy) is 2. The van der Waals surface area contributed by atoms with Crippen molar-refractivity contribution in [3.05, 3.63) is 11.9 Å². The number of hydrogen-bond acceptors (Lipinski definition) is 5. The second-order valence-corrected chi connectivity index (χ2v) is 8.71. The highest BCUT2D eigenvalue weighted by Crippen LogP contribution is 2.19. The van der Waals surface area contributed by atoms with E-state index in [1.807, 2.05) is 22.6 Å². The van der Waals surface area contributed by atoms with Crippen molar-refractivity contribution < 1.29 is 9.47 Å². The topological polar surface area (TPSA) is 49.2 Å². The molecule has 6 heteroatoms. The number of thioether (sulfide) groups is 1. The summed E-state index contributed by atoms with van der Waals surface area (Å²) in [5, 5.41) is 8.22. The third-order valence-electron chi connectivity index (χ3n) is 2.76. The molecule has 128 valence electrons. The van der Waals surface area contributed by atoms with Gasteiger partial charge in [-0.05, 0) is 31.9 Å². The Morgan fingerprint density at radius 2 is 1.73 bits per heavy atom. The quantitative estimate of drug-likeness (QED) is 0.650. The van der Waals surface area contributed by atoms with Crippen molar-refractivity contribution in [2.45, 2.75) is 53.7 Å². The lowest BCUT2D eigenvalue weighted by molar-refractivity contribution is 0.0449. The first-order valence-electron chi connectivity index (χ1n) is 7.83. The first-order chi connectivity index (χ1) is 10.2. The molecule has 0 N–H and O–H groups in total. The van der Waals surface area contributed by atoms with Gasteiger partial charge in [0.2, 0.25) is 0 Å². The average molecular weight is 330 g/mol. The molecular formula is C16H31N3O2S. The molecule has 0 radical (unpaired) electrons. The lowest BCUT2D eigenvalue weighted by atomic mass is 10.0. The van der Waals surface area contributed by atoms with Crippen LogP contribution in [0.1, 0.15) is 47.2 Å². The van der Waals surface area contributed by atoms with Gasteiger partial charge >= 0.3 is 0 Å². The van der Waals surface area contributed by atoms with Crippen LogP contribution in [-0.4, -0.2) is 46.3 Å². The van der Waals surface area contributed by atoms with Gasteiger partial charge in [0.1, 0.15) is 5.69 Å². The molecular weight excluding hydrogens is 298 g/mol. The number of hydrogen-bond donors (Lipinski definition) is 0. The average Bonchev–Trinajstić information content (AvgIpc) is 2.84. The Morgan fingerprint density at radius 3 is 2.32 bits per heavy atom. The Labute approximate surface area is 139 Å². The molecule has 0 amide bonds. The Bertz CT molecular complexity index is 422. The maximum Gasteiger partial charge on any atom is 0.108 e. The van der Waals surface area contributed by atoms with E-state index in [0.717, 1.165) is 23.8 Å². The van der Waals surface area contributed by atoms with Gasteiger partial charge in [0.15, 0.2) is 0 Å². The van der Waals surface area contributed by atoms with E-state index >= 15 is 0 Å². The van der Waals surface area contributed by atoms with E-state index in [1.54, 1.807) is 0 Å². The van der Waals surface area contributed by atoms with E-state index in [1.165, 1.54) is 0 Å². The van der Waals surface area contributed by atoms with Crippen molar-refractivity contribution >= 4 is 11.8 Å². The summed E-state index contributed by atoms with van der Waals surface area (Å²) >= 11 is 1.94. The number of aromatic nitrogens is 3. The molecule has 1 aromatic rings. The molecule has 1 rings (SSSR count). The lowest BCUT2D eigenvalue weighted by Crippen LogP contribution is -2.22. The molecule has 0 aliphatic rings. The van der Waals surface area contributed by atoms with Gasteiger partial charge in [-0.15, -0.1) is 5.10 Å². The second-order valence-electron chi connectivity index (χ2n) is 7.60. The van der Waals surface area contributed by atoms with Gasteiger partial charge in [-0.25, -0.2) is 4.68 Å². The fourth-order valence-corrected chi connectivity index (χ4v) is 2.58. The van der Waals surface area contributed by atoms with Crippen LogP contribution in [0.25, 0.3) is 0 Å². The minimum absolute atomic E-state index is 0.0426. The fourth-order valence-electron chi connectivity index (χ4n) is 1.59. The van der Waals surface area contributed by atoms with Gasteiger partial charge in [-0.3, -0.25) is 0 Å². The summed E-state index contributed by atoms with van der Waals surface area (Å²) in [5.74, 6) is 2.20. The fraction of sp³-hybridized carbons (Fsp3) is 0.875. The van der Waals surface area contributed by atoms with Gasteiger partial charge in [-0.1, -0.05) is 26.0 Å². The number of nitrogens with zero attached hydrogens (tertiary/aromatic N) is 3. The van der Waals surface area contributed by atoms with Crippen LogP contribution in [0, 0.1) is 5.41 Å². The van der Waals surface area contributed by atoms with E-state index in [2.05, 4.69) is 51.9 Å². The molecule has 0 bridgehead atoms. The van der Waals surface area contributed by atoms with Crippen LogP contribution in [-0.2, 0) is 21.6 Å². The van der Waals surface area contributed by atoms with Crippen LogP contribution in [0.2, 0.25) is 0 Å². The van der Waals surface area contributed by atoms with Crippen LogP contribution < -0.4 is 0 Å². The summed E-state index contributed by atoms with van der Waals surface area (Å²) in [6.45, 7) is 15.5. The highest BCUT2D eigenvalue weighted by atomic mass is 32.2. The summed E-state index contributed by atoms with van der Waals surface area (Å²) in [6, 6.07) is 0. The summed E-state index contributed by atoms with van der Waals surface area (Å²) < 4.78 is 13.0. The molecule has 0 fully saturated rings. The van der Waals surface area contributed by atoms with Crippen molar-refractivity contribution in [1.82, 2.24) is 15.0 Å². The number of rotatable bonds is 9. The molecule has 0 saturated carbocycles. The highest BCUT2D eigenvalue weighted by Gasteiger charge is 2.14. The van der Waals surface area contributed by atoms with Crippen molar-refractivity contribution in [3.63, 3.8) is 0 Å². The van der Waals surface area contributed by atoms with Crippen LogP contribution in [0.15, 0.2) is 6.20 Å². The summed E-state index contributed by atoms with van der Waals surface area (Å²) in [7, 11) is 0. The van der Waals surface area contributed by atoms with E-state index in [9.17, 15) is 0 Å². The SMILES string of the molecule is CC(C)(C)CSCCOCCOCc1cn(C(C)(C)C)nn1. The van der Waals surface area contributed by atoms with Crippen LogP contribution in [0.5, 0.6) is 0 Å². The normalized spacial score (nSPS) is 12.8. The van der Waals surface area contributed by atoms with Gasteiger partial charge in [0.05, 0.1) is 38.2 Å². The minimum Gasteiger partial charge on any atom is -0.378 e. The third kappa shape index (κ3) is 8.76. The van der Waals surface area contributed by atoms with Crippen LogP contribution in [0.3, 0.4) is 0 Å². The zero-order valence-corrected chi connectivity index (χ0v) is 15.7. The Hall–Kier alpha value is -0.590. The minimum atomic E-state index is -0.0426. The van der Waals surface area contributed by atoms with Crippen molar-refractivity contribution in [2.75, 3.05) is 31.3 Å². The van der Waals surface area contributed by atoms with Crippen LogP contribution >= 0.6 is 11.8 Å². The largest absolute Gasteiger partial charge is 0.378 e. The standard InChI is InChI=1S/C16H31N3O2S/c1-15(2,3)13-22-10-9-20-7-8-21-12-14-11-19(18-17-14)16(4,5)6/h11H,7-10,12-13H2,1-6H3. The molecule has 0 spiro atoms. The van der Waals surface area contributed by atoms with E-state index in [4.69, 9.17) is 9.47 Å². The maximum absolute atomic E-state index is 5.56. The molecule has 0 atom stereocenters. The molecule has 5 nitrogen and oxygen atoms in total. The lowest BCUT2D eigenvalue weighted by Gasteiger charge is -2.17. The molecule has 0 aromatic carbocycles. The summed E-state index contributed by atoms with van der Waals surface area (Å²) in [4.78, 5) is 0. The van der Waals surface area contributed by atoms with E-state index < -0.39 is 0 Å². The van der Waals surface area contributed by atoms with Gasteiger partial charge in [0, 0.05) is 5.75 Å². The maximum atomic E-state index is 5.56. The molecule has 22 heavy (non-hydrogen) atoms. The van der Waals surface area contributed by atoms with E-state index in [0.29, 0.717) is 25.2 Å². The predicted octanol–water partition coefficient (Wildman–Crippen LogP) is 3.35. The second kappa shape index (κ2) is 8.89. The van der Waals surface area contributed by atoms with Crippen molar-refractivity contribution in [3.8, 4) is 0 Å². The molecule has 0 unspecified atom stereocenters. The Kier molecular flexibility index (Phi) is 7.86. The van der Waals surface area contributed by atoms with Gasteiger partial charge in [0.25, 0.3) is 0 Å². The Balaban J connectivity index is 2.01. The van der Waals surface area contributed by atoms with E-state index in [-0.39, 0.29) is 5.54 Å². The Morgan fingerprint density at radius 1 is 1.05 bits per heavy atom. The summed E-state index contributed by atoms with van der Waals surface area (Å²) in [5.41, 5.74) is 1.20. The highest BCUT2D eigenvalue weighted by molar-refractivity contribution is 7.99. The molecule has 0 aliphatic carbocycles. The zero-order chi connectivity index (χ0) is 16.6. The smallest absolute Gasteiger partial charge is 0.108 e. The summed E-state index contributed by atoms with van der Waals surface area (Å²) in [6.07, 6.45) is 1.93. The molecule has 0 aliphatic heterocycles. The molecule has 0 saturated heterocycles. The van der Waals surface area contributed by atoms with Crippen molar-refractivity contribution in [1.29, 1.82) is 0 Å². The monoisotopic (exact) mass is 329 g/mol. The van der Waals surface area contributed by atoms with Crippen LogP contribution in [0.4, 0.5) is 0 Å². The first kappa shape index (κ1) is 19.5. The third-order valence-corrected chi connectivity index (χ3v) is 4.28. The van der Waals surface area contributed by atoms with Crippen molar-refractivity contribution in [2.24, 2.45) is 5.41 Å². The zero-order valence-electron chi connectivity index (χ0n) is 14.9. The predicted molar refractivity (Wildman–Crippen MR) is 92.3 cm³/mol. The van der Waals surface area contributed by atoms with Gasteiger partial charge in [-0.2, -0.15) is 11.8 Å².